The molecule has 0 radical (unpaired) electrons. The SMILES string of the molecule is Clc1cccn2c(-c3ccc(Br)cc3)ncc12. The summed E-state index contributed by atoms with van der Waals surface area (Å²) in [5.74, 6) is 0.898. The minimum atomic E-state index is 0.711. The number of nitrogens with zero attached hydrogens (tertiary/aromatic N) is 2. The summed E-state index contributed by atoms with van der Waals surface area (Å²) in [6.45, 7) is 0. The molecule has 0 atom stereocenters. The Kier molecular flexibility index (Phi) is 2.65. The Bertz CT molecular complexity index is 673. The first-order valence-corrected chi connectivity index (χ1v) is 6.30. The van der Waals surface area contributed by atoms with Crippen LogP contribution in [0.2, 0.25) is 5.02 Å². The van der Waals surface area contributed by atoms with Crippen LogP contribution in [0.15, 0.2) is 53.3 Å². The van der Waals surface area contributed by atoms with Crippen LogP contribution in [0.3, 0.4) is 0 Å². The number of fused-ring (bicyclic) bond motifs is 1. The van der Waals surface area contributed by atoms with Crippen LogP contribution in [0.1, 0.15) is 0 Å². The molecule has 84 valence electrons. The zero-order chi connectivity index (χ0) is 11.8. The molecule has 17 heavy (non-hydrogen) atoms. The summed E-state index contributed by atoms with van der Waals surface area (Å²) in [5.41, 5.74) is 1.99. The van der Waals surface area contributed by atoms with Crippen molar-refractivity contribution in [1.82, 2.24) is 9.38 Å². The summed E-state index contributed by atoms with van der Waals surface area (Å²) in [6, 6.07) is 11.8. The van der Waals surface area contributed by atoms with Crippen molar-refractivity contribution < 1.29 is 0 Å². The Hall–Kier alpha value is -1.32. The van der Waals surface area contributed by atoms with Crippen LogP contribution in [0, 0.1) is 0 Å². The molecule has 0 aliphatic heterocycles. The van der Waals surface area contributed by atoms with Crippen LogP contribution in [0.25, 0.3) is 16.9 Å². The molecule has 0 spiro atoms. The molecule has 0 fully saturated rings. The summed E-state index contributed by atoms with van der Waals surface area (Å²) in [5, 5.41) is 0.711. The molecule has 0 saturated carbocycles. The zero-order valence-electron chi connectivity index (χ0n) is 8.77. The predicted molar refractivity (Wildman–Crippen MR) is 73.3 cm³/mol. The molecule has 2 nitrogen and oxygen atoms in total. The minimum Gasteiger partial charge on any atom is -0.298 e. The molecule has 0 amide bonds. The lowest BCUT2D eigenvalue weighted by atomic mass is 10.2. The van der Waals surface area contributed by atoms with Gasteiger partial charge in [-0.2, -0.15) is 0 Å². The fourth-order valence-electron chi connectivity index (χ4n) is 1.80. The second-order valence-corrected chi connectivity index (χ2v) is 5.02. The maximum atomic E-state index is 6.11. The Labute approximate surface area is 112 Å². The second-order valence-electron chi connectivity index (χ2n) is 3.70. The van der Waals surface area contributed by atoms with Gasteiger partial charge in [0, 0.05) is 16.2 Å². The molecule has 4 heteroatoms. The quantitative estimate of drug-likeness (QED) is 0.650. The third-order valence-corrected chi connectivity index (χ3v) is 3.47. The summed E-state index contributed by atoms with van der Waals surface area (Å²) >= 11 is 9.54. The lowest BCUT2D eigenvalue weighted by Crippen LogP contribution is -1.88. The van der Waals surface area contributed by atoms with E-state index in [-0.39, 0.29) is 0 Å². The van der Waals surface area contributed by atoms with E-state index in [4.69, 9.17) is 11.6 Å². The fraction of sp³-hybridized carbons (Fsp3) is 0. The summed E-state index contributed by atoms with van der Waals surface area (Å²) in [6.07, 6.45) is 3.76. The topological polar surface area (TPSA) is 17.3 Å². The Morgan fingerprint density at radius 2 is 1.88 bits per heavy atom. The van der Waals surface area contributed by atoms with Crippen LogP contribution < -0.4 is 0 Å². The van der Waals surface area contributed by atoms with E-state index in [1.807, 2.05) is 47.0 Å². The van der Waals surface area contributed by atoms with E-state index in [0.29, 0.717) is 5.02 Å². The largest absolute Gasteiger partial charge is 0.298 e. The van der Waals surface area contributed by atoms with Crippen molar-refractivity contribution in [1.29, 1.82) is 0 Å². The second kappa shape index (κ2) is 4.17. The molecule has 3 aromatic rings. The molecule has 3 rings (SSSR count). The van der Waals surface area contributed by atoms with Crippen molar-refractivity contribution in [3.63, 3.8) is 0 Å². The maximum Gasteiger partial charge on any atom is 0.144 e. The normalized spacial score (nSPS) is 10.9. The monoisotopic (exact) mass is 306 g/mol. The van der Waals surface area contributed by atoms with Gasteiger partial charge in [-0.25, -0.2) is 4.98 Å². The molecule has 0 unspecified atom stereocenters. The van der Waals surface area contributed by atoms with Gasteiger partial charge in [-0.3, -0.25) is 4.40 Å². The molecule has 1 aromatic carbocycles. The Morgan fingerprint density at radius 1 is 1.12 bits per heavy atom. The highest BCUT2D eigenvalue weighted by Crippen LogP contribution is 2.25. The van der Waals surface area contributed by atoms with E-state index in [1.165, 1.54) is 0 Å². The van der Waals surface area contributed by atoms with Crippen LogP contribution in [0.4, 0.5) is 0 Å². The number of aromatic nitrogens is 2. The molecular formula is C13H8BrClN2. The van der Waals surface area contributed by atoms with Gasteiger partial charge >= 0.3 is 0 Å². The lowest BCUT2D eigenvalue weighted by Gasteiger charge is -2.02. The number of pyridine rings is 1. The van der Waals surface area contributed by atoms with Gasteiger partial charge < -0.3 is 0 Å². The number of hydrogen-bond acceptors (Lipinski definition) is 1. The molecule has 0 aliphatic rings. The third-order valence-electron chi connectivity index (χ3n) is 2.62. The number of rotatable bonds is 1. The summed E-state index contributed by atoms with van der Waals surface area (Å²) in [4.78, 5) is 4.42. The van der Waals surface area contributed by atoms with Gasteiger partial charge in [0.05, 0.1) is 16.7 Å². The van der Waals surface area contributed by atoms with E-state index < -0.39 is 0 Å². The van der Waals surface area contributed by atoms with Crippen molar-refractivity contribution >= 4 is 33.0 Å². The van der Waals surface area contributed by atoms with Gasteiger partial charge in [0.25, 0.3) is 0 Å². The fourth-order valence-corrected chi connectivity index (χ4v) is 2.28. The number of benzene rings is 1. The molecule has 2 aromatic heterocycles. The van der Waals surface area contributed by atoms with E-state index >= 15 is 0 Å². The maximum absolute atomic E-state index is 6.11. The van der Waals surface area contributed by atoms with E-state index in [9.17, 15) is 0 Å². The van der Waals surface area contributed by atoms with Crippen LogP contribution in [-0.4, -0.2) is 9.38 Å². The molecular weight excluding hydrogens is 300 g/mol. The van der Waals surface area contributed by atoms with E-state index in [0.717, 1.165) is 21.4 Å². The Balaban J connectivity index is 2.24. The van der Waals surface area contributed by atoms with Crippen molar-refractivity contribution in [3.05, 3.63) is 58.3 Å². The first-order chi connectivity index (χ1) is 8.25. The molecule has 2 heterocycles. The van der Waals surface area contributed by atoms with Crippen molar-refractivity contribution in [2.24, 2.45) is 0 Å². The smallest absolute Gasteiger partial charge is 0.144 e. The van der Waals surface area contributed by atoms with E-state index in [1.54, 1.807) is 6.20 Å². The van der Waals surface area contributed by atoms with E-state index in [2.05, 4.69) is 20.9 Å². The van der Waals surface area contributed by atoms with Gasteiger partial charge in [0.1, 0.15) is 5.82 Å². The van der Waals surface area contributed by atoms with Gasteiger partial charge in [-0.1, -0.05) is 39.7 Å². The van der Waals surface area contributed by atoms with Crippen LogP contribution in [0.5, 0.6) is 0 Å². The highest BCUT2D eigenvalue weighted by atomic mass is 79.9. The summed E-state index contributed by atoms with van der Waals surface area (Å²) in [7, 11) is 0. The highest BCUT2D eigenvalue weighted by Gasteiger charge is 2.07. The molecule has 0 aliphatic carbocycles. The van der Waals surface area contributed by atoms with Crippen molar-refractivity contribution in [2.45, 2.75) is 0 Å². The summed E-state index contributed by atoms with van der Waals surface area (Å²) < 4.78 is 3.05. The van der Waals surface area contributed by atoms with Crippen LogP contribution in [-0.2, 0) is 0 Å². The Morgan fingerprint density at radius 3 is 2.65 bits per heavy atom. The number of halogens is 2. The number of imidazole rings is 1. The lowest BCUT2D eigenvalue weighted by molar-refractivity contribution is 1.16. The van der Waals surface area contributed by atoms with Gasteiger partial charge in [-0.15, -0.1) is 0 Å². The molecule has 0 N–H and O–H groups in total. The van der Waals surface area contributed by atoms with Crippen molar-refractivity contribution in [3.8, 4) is 11.4 Å². The predicted octanol–water partition coefficient (Wildman–Crippen LogP) is 4.42. The highest BCUT2D eigenvalue weighted by molar-refractivity contribution is 9.10. The minimum absolute atomic E-state index is 0.711. The molecule has 0 bridgehead atoms. The first kappa shape index (κ1) is 10.8. The van der Waals surface area contributed by atoms with Gasteiger partial charge in [-0.05, 0) is 24.3 Å². The zero-order valence-corrected chi connectivity index (χ0v) is 11.1. The number of hydrogen-bond donors (Lipinski definition) is 0. The molecule has 0 saturated heterocycles. The van der Waals surface area contributed by atoms with Crippen LogP contribution >= 0.6 is 27.5 Å². The third kappa shape index (κ3) is 1.85. The first-order valence-electron chi connectivity index (χ1n) is 5.13. The average Bonchev–Trinajstić information content (AvgIpc) is 2.75. The standard InChI is InChI=1S/C13H8BrClN2/c14-10-5-3-9(4-6-10)13-16-8-12-11(15)2-1-7-17(12)13/h1-8H. The van der Waals surface area contributed by atoms with Crippen molar-refractivity contribution in [2.75, 3.05) is 0 Å². The van der Waals surface area contributed by atoms with Gasteiger partial charge in [0.2, 0.25) is 0 Å². The van der Waals surface area contributed by atoms with Gasteiger partial charge in [0.15, 0.2) is 0 Å². The average molecular weight is 308 g/mol.